The van der Waals surface area contributed by atoms with Crippen molar-refractivity contribution in [1.82, 2.24) is 0 Å². The molecule has 2 N–H and O–H groups in total. The number of fused-ring (bicyclic) bond motifs is 1. The highest BCUT2D eigenvalue weighted by molar-refractivity contribution is 6.02. The molecule has 0 saturated heterocycles. The van der Waals surface area contributed by atoms with E-state index in [1.807, 2.05) is 30.3 Å². The molecule has 5 nitrogen and oxygen atoms in total. The van der Waals surface area contributed by atoms with E-state index in [2.05, 4.69) is 0 Å². The lowest BCUT2D eigenvalue weighted by Crippen LogP contribution is -2.50. The van der Waals surface area contributed by atoms with Gasteiger partial charge in [0.2, 0.25) is 0 Å². The van der Waals surface area contributed by atoms with E-state index in [4.69, 9.17) is 14.9 Å². The lowest BCUT2D eigenvalue weighted by Gasteiger charge is -2.23. The summed E-state index contributed by atoms with van der Waals surface area (Å²) in [6.45, 7) is 0. The van der Waals surface area contributed by atoms with Gasteiger partial charge >= 0.3 is 11.9 Å². The highest BCUT2D eigenvalue weighted by Gasteiger charge is 2.47. The Hall–Kier alpha value is -2.40. The maximum absolute atomic E-state index is 11.3. The van der Waals surface area contributed by atoms with Crippen molar-refractivity contribution in [2.75, 3.05) is 7.11 Å². The van der Waals surface area contributed by atoms with Crippen molar-refractivity contribution in [1.29, 1.82) is 0 Å². The lowest BCUT2D eigenvalue weighted by atomic mass is 9.93. The number of hydrogen-bond acceptors (Lipinski definition) is 3. The molecule has 0 radical (unpaired) electrons. The van der Waals surface area contributed by atoms with E-state index in [1.165, 1.54) is 0 Å². The van der Waals surface area contributed by atoms with Crippen LogP contribution in [-0.4, -0.2) is 34.9 Å². The van der Waals surface area contributed by atoms with E-state index < -0.39 is 17.5 Å². The summed E-state index contributed by atoms with van der Waals surface area (Å²) in [5.41, 5.74) is -1.67. The molecule has 0 saturated carbocycles. The monoisotopic (exact) mass is 274 g/mol. The largest absolute Gasteiger partial charge is 0.479 e. The van der Waals surface area contributed by atoms with E-state index in [-0.39, 0.29) is 6.42 Å². The van der Waals surface area contributed by atoms with Gasteiger partial charge in [0.1, 0.15) is 0 Å². The number of rotatable bonds is 5. The fourth-order valence-corrected chi connectivity index (χ4v) is 2.13. The molecular weight excluding hydrogens is 260 g/mol. The van der Waals surface area contributed by atoms with Crippen LogP contribution in [0.15, 0.2) is 42.5 Å². The van der Waals surface area contributed by atoms with Crippen LogP contribution in [-0.2, 0) is 20.7 Å². The first kappa shape index (κ1) is 14.0. The Balaban J connectivity index is 2.43. The molecule has 5 heteroatoms. The third kappa shape index (κ3) is 2.35. The molecule has 0 fully saturated rings. The smallest absolute Gasteiger partial charge is 0.348 e. The molecular formula is C15H14O5. The van der Waals surface area contributed by atoms with Gasteiger partial charge in [0.25, 0.3) is 5.60 Å². The number of ether oxygens (including phenoxy) is 1. The molecule has 104 valence electrons. The molecule has 0 aliphatic rings. The molecule has 0 atom stereocenters. The molecule has 0 amide bonds. The minimum atomic E-state index is -2.26. The Morgan fingerprint density at radius 3 is 2.20 bits per heavy atom. The van der Waals surface area contributed by atoms with Gasteiger partial charge in [-0.25, -0.2) is 9.59 Å². The van der Waals surface area contributed by atoms with Gasteiger partial charge in [-0.1, -0.05) is 42.5 Å². The Labute approximate surface area is 115 Å². The summed E-state index contributed by atoms with van der Waals surface area (Å²) >= 11 is 0. The minimum Gasteiger partial charge on any atom is -0.479 e. The van der Waals surface area contributed by atoms with Crippen molar-refractivity contribution in [3.8, 4) is 0 Å². The van der Waals surface area contributed by atoms with Crippen molar-refractivity contribution < 1.29 is 24.5 Å². The molecule has 2 aromatic rings. The molecule has 0 aliphatic carbocycles. The predicted octanol–water partition coefficient (Wildman–Crippen LogP) is 1.94. The molecule has 0 aromatic heterocycles. The Bertz CT molecular complexity index is 648. The number of carboxylic acid groups (broad SMARTS) is 2. The van der Waals surface area contributed by atoms with Gasteiger partial charge in [-0.15, -0.1) is 0 Å². The molecule has 2 rings (SSSR count). The summed E-state index contributed by atoms with van der Waals surface area (Å²) < 4.78 is 4.78. The molecule has 0 spiro atoms. The summed E-state index contributed by atoms with van der Waals surface area (Å²) in [5, 5.41) is 20.3. The first-order valence-electron chi connectivity index (χ1n) is 5.99. The number of carboxylic acids is 2. The van der Waals surface area contributed by atoms with Crippen LogP contribution in [0, 0.1) is 0 Å². The lowest BCUT2D eigenvalue weighted by molar-refractivity contribution is -0.179. The molecule has 0 bridgehead atoms. The van der Waals surface area contributed by atoms with Crippen LogP contribution in [0.2, 0.25) is 0 Å². The van der Waals surface area contributed by atoms with Gasteiger partial charge in [-0.05, 0) is 16.3 Å². The van der Waals surface area contributed by atoms with Crippen molar-refractivity contribution in [2.45, 2.75) is 12.0 Å². The third-order valence-corrected chi connectivity index (χ3v) is 3.31. The summed E-state index contributed by atoms with van der Waals surface area (Å²) in [6.07, 6.45) is -0.237. The van der Waals surface area contributed by atoms with Crippen LogP contribution in [0.25, 0.3) is 10.8 Å². The van der Waals surface area contributed by atoms with Gasteiger partial charge in [0.05, 0.1) is 0 Å². The van der Waals surface area contributed by atoms with E-state index in [0.717, 1.165) is 17.9 Å². The molecule has 2 aromatic carbocycles. The first-order valence-corrected chi connectivity index (χ1v) is 5.99. The molecule has 0 heterocycles. The van der Waals surface area contributed by atoms with E-state index in [0.29, 0.717) is 5.56 Å². The zero-order valence-corrected chi connectivity index (χ0v) is 10.9. The second-order valence-corrected chi connectivity index (χ2v) is 4.50. The molecule has 0 aliphatic heterocycles. The van der Waals surface area contributed by atoms with Crippen molar-refractivity contribution in [3.05, 3.63) is 48.0 Å². The second-order valence-electron chi connectivity index (χ2n) is 4.50. The standard InChI is InChI=1S/C15H14O5/c1-20-15(13(16)17,14(18)19)9-10-6-7-11-4-2-3-5-12(11)8-10/h2-8H,9H2,1H3,(H,16,17)(H,18,19). The SMILES string of the molecule is COC(Cc1ccc2ccccc2c1)(C(=O)O)C(=O)O. The third-order valence-electron chi connectivity index (χ3n) is 3.31. The second kappa shape index (κ2) is 5.30. The van der Waals surface area contributed by atoms with E-state index >= 15 is 0 Å². The normalized spacial score (nSPS) is 11.4. The highest BCUT2D eigenvalue weighted by Crippen LogP contribution is 2.22. The summed E-state index contributed by atoms with van der Waals surface area (Å²) in [5.74, 6) is -3.03. The van der Waals surface area contributed by atoms with Crippen LogP contribution in [0.1, 0.15) is 5.56 Å². The van der Waals surface area contributed by atoms with Gasteiger partial charge in [0, 0.05) is 13.5 Å². The van der Waals surface area contributed by atoms with Crippen LogP contribution < -0.4 is 0 Å². The number of aliphatic carboxylic acids is 2. The summed E-state index contributed by atoms with van der Waals surface area (Å²) in [7, 11) is 1.09. The number of methoxy groups -OCH3 is 1. The zero-order chi connectivity index (χ0) is 14.8. The van der Waals surface area contributed by atoms with Crippen molar-refractivity contribution in [3.63, 3.8) is 0 Å². The van der Waals surface area contributed by atoms with Crippen molar-refractivity contribution >= 4 is 22.7 Å². The van der Waals surface area contributed by atoms with E-state index in [1.54, 1.807) is 12.1 Å². The van der Waals surface area contributed by atoms with Crippen LogP contribution >= 0.6 is 0 Å². The topological polar surface area (TPSA) is 83.8 Å². The average Bonchev–Trinajstić information content (AvgIpc) is 2.44. The maximum Gasteiger partial charge on any atom is 0.348 e. The van der Waals surface area contributed by atoms with Crippen molar-refractivity contribution in [2.24, 2.45) is 0 Å². The first-order chi connectivity index (χ1) is 9.49. The van der Waals surface area contributed by atoms with Crippen LogP contribution in [0.5, 0.6) is 0 Å². The van der Waals surface area contributed by atoms with Crippen LogP contribution in [0.4, 0.5) is 0 Å². The Kier molecular flexibility index (Phi) is 3.72. The van der Waals surface area contributed by atoms with E-state index in [9.17, 15) is 9.59 Å². The highest BCUT2D eigenvalue weighted by atomic mass is 16.5. The van der Waals surface area contributed by atoms with Gasteiger partial charge in [-0.3, -0.25) is 0 Å². The quantitative estimate of drug-likeness (QED) is 0.814. The Morgan fingerprint density at radius 2 is 1.65 bits per heavy atom. The fraction of sp³-hybridized carbons (Fsp3) is 0.200. The number of hydrogen-bond donors (Lipinski definition) is 2. The summed E-state index contributed by atoms with van der Waals surface area (Å²) in [6, 6.07) is 12.9. The zero-order valence-electron chi connectivity index (χ0n) is 10.9. The minimum absolute atomic E-state index is 0.237. The summed E-state index contributed by atoms with van der Waals surface area (Å²) in [4.78, 5) is 22.5. The van der Waals surface area contributed by atoms with Gasteiger partial charge in [0.15, 0.2) is 0 Å². The molecule has 0 unspecified atom stereocenters. The number of carbonyl (C=O) groups is 2. The van der Waals surface area contributed by atoms with Gasteiger partial charge < -0.3 is 14.9 Å². The molecule has 20 heavy (non-hydrogen) atoms. The van der Waals surface area contributed by atoms with Crippen LogP contribution in [0.3, 0.4) is 0 Å². The van der Waals surface area contributed by atoms with Gasteiger partial charge in [-0.2, -0.15) is 0 Å². The predicted molar refractivity (Wildman–Crippen MR) is 72.7 cm³/mol. The maximum atomic E-state index is 11.3. The fourth-order valence-electron chi connectivity index (χ4n) is 2.13. The average molecular weight is 274 g/mol. The number of benzene rings is 2. The Morgan fingerprint density at radius 1 is 1.05 bits per heavy atom.